The lowest BCUT2D eigenvalue weighted by Gasteiger charge is -2.12. The highest BCUT2D eigenvalue weighted by atomic mass is 35.5. The van der Waals surface area contributed by atoms with Crippen LogP contribution in [0.2, 0.25) is 0 Å². The first kappa shape index (κ1) is 10.3. The van der Waals surface area contributed by atoms with Gasteiger partial charge >= 0.3 is 0 Å². The second-order valence-electron chi connectivity index (χ2n) is 3.11. The molecule has 1 aromatic carbocycles. The number of halogens is 1. The predicted octanol–water partition coefficient (Wildman–Crippen LogP) is 4.32. The summed E-state index contributed by atoms with van der Waals surface area (Å²) in [5.41, 5.74) is 3.01. The van der Waals surface area contributed by atoms with E-state index in [1.54, 1.807) is 5.54 Å². The van der Waals surface area contributed by atoms with E-state index in [2.05, 4.69) is 31.2 Å². The third-order valence-corrected chi connectivity index (χ3v) is 2.45. The van der Waals surface area contributed by atoms with Gasteiger partial charge in [0.25, 0.3) is 0 Å². The fraction of sp³-hybridized carbons (Fsp3) is 0.333. The van der Waals surface area contributed by atoms with Crippen molar-refractivity contribution in [3.05, 3.63) is 47.5 Å². The second kappa shape index (κ2) is 5.82. The van der Waals surface area contributed by atoms with E-state index in [1.165, 1.54) is 5.56 Å². The summed E-state index contributed by atoms with van der Waals surface area (Å²) in [5.74, 6) is 0.608. The highest BCUT2D eigenvalue weighted by Crippen LogP contribution is 2.23. The van der Waals surface area contributed by atoms with Crippen LogP contribution < -0.4 is 0 Å². The highest BCUT2D eigenvalue weighted by Gasteiger charge is 2.05. The number of allylic oxidation sites excluding steroid dienone is 1. The zero-order chi connectivity index (χ0) is 9.52. The van der Waals surface area contributed by atoms with Crippen molar-refractivity contribution in [2.24, 2.45) is 0 Å². The fourth-order valence-corrected chi connectivity index (χ4v) is 1.58. The molecule has 0 aromatic heterocycles. The molecule has 0 amide bonds. The number of hydrogen-bond donors (Lipinski definition) is 0. The molecule has 0 saturated heterocycles. The SMILES string of the molecule is CCC(C/C=C/Cl)c1ccccc1. The normalized spacial score (nSPS) is 13.4. The largest absolute Gasteiger partial charge is 0.0933 e. The van der Waals surface area contributed by atoms with Gasteiger partial charge in [-0.3, -0.25) is 0 Å². The maximum Gasteiger partial charge on any atom is 0.000267 e. The van der Waals surface area contributed by atoms with Gasteiger partial charge in [0.2, 0.25) is 0 Å². The van der Waals surface area contributed by atoms with E-state index in [4.69, 9.17) is 11.6 Å². The van der Waals surface area contributed by atoms with Crippen LogP contribution in [0.4, 0.5) is 0 Å². The van der Waals surface area contributed by atoms with Crippen LogP contribution in [0.25, 0.3) is 0 Å². The summed E-state index contributed by atoms with van der Waals surface area (Å²) < 4.78 is 0. The molecule has 0 spiro atoms. The molecule has 1 heteroatoms. The van der Waals surface area contributed by atoms with E-state index in [0.29, 0.717) is 5.92 Å². The van der Waals surface area contributed by atoms with Crippen molar-refractivity contribution in [1.82, 2.24) is 0 Å². The highest BCUT2D eigenvalue weighted by molar-refractivity contribution is 6.25. The lowest BCUT2D eigenvalue weighted by Crippen LogP contribution is -1.94. The van der Waals surface area contributed by atoms with Crippen LogP contribution in [0.5, 0.6) is 0 Å². The molecule has 70 valence electrons. The zero-order valence-corrected chi connectivity index (χ0v) is 8.67. The molecule has 0 saturated carbocycles. The summed E-state index contributed by atoms with van der Waals surface area (Å²) >= 11 is 5.51. The van der Waals surface area contributed by atoms with Gasteiger partial charge in [-0.2, -0.15) is 0 Å². The Kier molecular flexibility index (Phi) is 4.63. The molecule has 0 N–H and O–H groups in total. The van der Waals surface area contributed by atoms with Crippen molar-refractivity contribution >= 4 is 11.6 Å². The molecule has 0 nitrogen and oxygen atoms in total. The monoisotopic (exact) mass is 194 g/mol. The van der Waals surface area contributed by atoms with Crippen molar-refractivity contribution in [1.29, 1.82) is 0 Å². The molecule has 0 aliphatic carbocycles. The summed E-state index contributed by atoms with van der Waals surface area (Å²) in [4.78, 5) is 0. The van der Waals surface area contributed by atoms with Gasteiger partial charge in [0.05, 0.1) is 0 Å². The Morgan fingerprint density at radius 3 is 2.54 bits per heavy atom. The molecular weight excluding hydrogens is 180 g/mol. The molecule has 0 heterocycles. The van der Waals surface area contributed by atoms with E-state index in [1.807, 2.05) is 12.1 Å². The lowest BCUT2D eigenvalue weighted by molar-refractivity contribution is 0.675. The van der Waals surface area contributed by atoms with E-state index in [-0.39, 0.29) is 0 Å². The van der Waals surface area contributed by atoms with Gasteiger partial charge in [-0.1, -0.05) is 54.9 Å². The molecule has 1 rings (SSSR count). The van der Waals surface area contributed by atoms with Crippen LogP contribution in [-0.2, 0) is 0 Å². The maximum atomic E-state index is 5.51. The molecule has 1 atom stereocenters. The van der Waals surface area contributed by atoms with Gasteiger partial charge in [-0.25, -0.2) is 0 Å². The summed E-state index contributed by atoms with van der Waals surface area (Å²) in [5, 5.41) is 0. The van der Waals surface area contributed by atoms with Crippen molar-refractivity contribution in [2.75, 3.05) is 0 Å². The standard InChI is InChI=1S/C12H15Cl/c1-2-11(9-6-10-13)12-7-4-3-5-8-12/h3-8,10-11H,2,9H2,1H3/b10-6+. The van der Waals surface area contributed by atoms with Crippen molar-refractivity contribution < 1.29 is 0 Å². The fourth-order valence-electron chi connectivity index (χ4n) is 1.48. The van der Waals surface area contributed by atoms with Crippen LogP contribution >= 0.6 is 11.6 Å². The van der Waals surface area contributed by atoms with Gasteiger partial charge < -0.3 is 0 Å². The van der Waals surface area contributed by atoms with Crippen LogP contribution in [0.3, 0.4) is 0 Å². The number of benzene rings is 1. The smallest absolute Gasteiger partial charge is 0.000267 e. The number of hydrogen-bond acceptors (Lipinski definition) is 0. The lowest BCUT2D eigenvalue weighted by atomic mass is 9.93. The summed E-state index contributed by atoms with van der Waals surface area (Å²) in [6, 6.07) is 10.6. The summed E-state index contributed by atoms with van der Waals surface area (Å²) in [7, 11) is 0. The molecule has 0 aliphatic rings. The Hall–Kier alpha value is -0.750. The molecule has 0 aliphatic heterocycles. The van der Waals surface area contributed by atoms with E-state index in [0.717, 1.165) is 12.8 Å². The molecule has 0 bridgehead atoms. The predicted molar refractivity (Wildman–Crippen MR) is 59.1 cm³/mol. The molecular formula is C12H15Cl. The maximum absolute atomic E-state index is 5.51. The molecule has 0 fully saturated rings. The topological polar surface area (TPSA) is 0 Å². The first-order valence-corrected chi connectivity index (χ1v) is 5.12. The third kappa shape index (κ3) is 3.23. The first-order valence-electron chi connectivity index (χ1n) is 4.68. The van der Waals surface area contributed by atoms with Crippen LogP contribution in [0.15, 0.2) is 41.9 Å². The van der Waals surface area contributed by atoms with Gasteiger partial charge in [0.15, 0.2) is 0 Å². The summed E-state index contributed by atoms with van der Waals surface area (Å²) in [6.07, 6.45) is 4.21. The Bertz CT molecular complexity index is 251. The number of rotatable bonds is 4. The average Bonchev–Trinajstić information content (AvgIpc) is 2.21. The van der Waals surface area contributed by atoms with Gasteiger partial charge in [-0.15, -0.1) is 0 Å². The Labute approximate surface area is 85.2 Å². The molecule has 1 aromatic rings. The van der Waals surface area contributed by atoms with Gasteiger partial charge in [0.1, 0.15) is 0 Å². The Balaban J connectivity index is 2.67. The minimum Gasteiger partial charge on any atom is -0.0933 e. The van der Waals surface area contributed by atoms with Gasteiger partial charge in [0, 0.05) is 5.54 Å². The Morgan fingerprint density at radius 2 is 2.00 bits per heavy atom. The summed E-state index contributed by atoms with van der Waals surface area (Å²) in [6.45, 7) is 2.21. The van der Waals surface area contributed by atoms with E-state index >= 15 is 0 Å². The molecule has 1 unspecified atom stereocenters. The minimum absolute atomic E-state index is 0.608. The van der Waals surface area contributed by atoms with Crippen LogP contribution in [0.1, 0.15) is 31.2 Å². The minimum atomic E-state index is 0.608. The third-order valence-electron chi connectivity index (χ3n) is 2.27. The second-order valence-corrected chi connectivity index (χ2v) is 3.37. The zero-order valence-electron chi connectivity index (χ0n) is 7.91. The van der Waals surface area contributed by atoms with Gasteiger partial charge in [-0.05, 0) is 24.3 Å². The van der Waals surface area contributed by atoms with Crippen molar-refractivity contribution in [3.8, 4) is 0 Å². The quantitative estimate of drug-likeness (QED) is 0.670. The van der Waals surface area contributed by atoms with Crippen LogP contribution in [0, 0.1) is 0 Å². The first-order chi connectivity index (χ1) is 6.38. The molecule has 0 radical (unpaired) electrons. The van der Waals surface area contributed by atoms with E-state index in [9.17, 15) is 0 Å². The van der Waals surface area contributed by atoms with Crippen molar-refractivity contribution in [3.63, 3.8) is 0 Å². The average molecular weight is 195 g/mol. The van der Waals surface area contributed by atoms with E-state index < -0.39 is 0 Å². The van der Waals surface area contributed by atoms with Crippen molar-refractivity contribution in [2.45, 2.75) is 25.7 Å². The van der Waals surface area contributed by atoms with Crippen LogP contribution in [-0.4, -0.2) is 0 Å². The molecule has 13 heavy (non-hydrogen) atoms. The Morgan fingerprint density at radius 1 is 1.31 bits per heavy atom.